The molecule has 1 heterocycles. The molecule has 16 heteroatoms. The second-order valence-corrected chi connectivity index (χ2v) is 18.2. The summed E-state index contributed by atoms with van der Waals surface area (Å²) in [6.45, 7) is 12.9. The van der Waals surface area contributed by atoms with Crippen LogP contribution in [0.2, 0.25) is 0 Å². The molecule has 330 valence electrons. The predicted molar refractivity (Wildman–Crippen MR) is 213 cm³/mol. The number of Topliss-reactive ketones (excluding diaryl/α,β-unsaturated/α-hetero) is 1. The molecule has 11 atom stereocenters. The van der Waals surface area contributed by atoms with Crippen LogP contribution in [0.25, 0.3) is 0 Å². The van der Waals surface area contributed by atoms with Crippen molar-refractivity contribution < 1.29 is 72.5 Å². The summed E-state index contributed by atoms with van der Waals surface area (Å²) in [6, 6.07) is 14.6. The van der Waals surface area contributed by atoms with Gasteiger partial charge in [-0.15, -0.1) is 0 Å². The number of alkyl carbamates (subject to hydrolysis) is 1. The fourth-order valence-corrected chi connectivity index (χ4v) is 9.91. The van der Waals surface area contributed by atoms with E-state index in [0.29, 0.717) is 5.56 Å². The smallest absolute Gasteiger partial charge is 0.408 e. The number of aliphatic hydroxyl groups excluding tert-OH is 2. The molecule has 61 heavy (non-hydrogen) atoms. The Morgan fingerprint density at radius 2 is 1.51 bits per heavy atom. The van der Waals surface area contributed by atoms with Crippen LogP contribution in [-0.4, -0.2) is 111 Å². The number of benzene rings is 2. The summed E-state index contributed by atoms with van der Waals surface area (Å²) < 4.78 is 35.6. The van der Waals surface area contributed by atoms with Crippen molar-refractivity contribution >= 4 is 35.8 Å². The molecule has 0 aromatic heterocycles. The molecule has 1 saturated heterocycles. The number of ether oxygens (including phenoxy) is 6. The number of fused-ring (bicyclic) bond motifs is 5. The Hall–Kier alpha value is -5.16. The van der Waals surface area contributed by atoms with Crippen LogP contribution in [0, 0.1) is 16.7 Å². The van der Waals surface area contributed by atoms with Crippen LogP contribution in [0.5, 0.6) is 0 Å². The number of amides is 1. The average Bonchev–Trinajstić information content (AvgIpc) is 3.17. The Bertz CT molecular complexity index is 2100. The molecule has 2 aromatic rings. The van der Waals surface area contributed by atoms with Crippen LogP contribution in [0.15, 0.2) is 71.8 Å². The average molecular weight is 850 g/mol. The Morgan fingerprint density at radius 3 is 2.05 bits per heavy atom. The van der Waals surface area contributed by atoms with Gasteiger partial charge in [0.25, 0.3) is 0 Å². The van der Waals surface area contributed by atoms with Gasteiger partial charge < -0.3 is 49.1 Å². The van der Waals surface area contributed by atoms with E-state index in [2.05, 4.69) is 5.32 Å². The molecule has 2 saturated carbocycles. The van der Waals surface area contributed by atoms with Gasteiger partial charge in [-0.1, -0.05) is 62.4 Å². The topological polar surface area (TPSA) is 231 Å². The third-order valence-electron chi connectivity index (χ3n) is 12.8. The van der Waals surface area contributed by atoms with Crippen molar-refractivity contribution in [1.82, 2.24) is 5.32 Å². The van der Waals surface area contributed by atoms with Crippen molar-refractivity contribution in [3.05, 3.63) is 82.9 Å². The largest absolute Gasteiger partial charge is 0.461 e. The highest BCUT2D eigenvalue weighted by Gasteiger charge is 2.78. The molecule has 0 spiro atoms. The lowest BCUT2D eigenvalue weighted by Crippen LogP contribution is -2.82. The minimum atomic E-state index is -2.39. The second-order valence-electron chi connectivity index (χ2n) is 18.2. The van der Waals surface area contributed by atoms with Crippen molar-refractivity contribution in [3.63, 3.8) is 0 Å². The van der Waals surface area contributed by atoms with E-state index in [1.54, 1.807) is 69.3 Å². The lowest BCUT2D eigenvalue weighted by atomic mass is 9.44. The first-order valence-electron chi connectivity index (χ1n) is 20.2. The highest BCUT2D eigenvalue weighted by molar-refractivity contribution is 5.94. The summed E-state index contributed by atoms with van der Waals surface area (Å²) in [5.74, 6) is -6.23. The number of hydrogen-bond donors (Lipinski definition) is 4. The summed E-state index contributed by atoms with van der Waals surface area (Å²) in [5, 5.41) is 40.2. The van der Waals surface area contributed by atoms with Gasteiger partial charge in [0, 0.05) is 32.1 Å². The number of nitrogens with one attached hydrogen (secondary N) is 1. The highest BCUT2D eigenvalue weighted by atomic mass is 16.6. The number of hydrogen-bond acceptors (Lipinski definition) is 15. The van der Waals surface area contributed by atoms with Gasteiger partial charge in [0.05, 0.1) is 29.5 Å². The second kappa shape index (κ2) is 16.3. The van der Waals surface area contributed by atoms with Crippen LogP contribution in [0.3, 0.4) is 0 Å². The van der Waals surface area contributed by atoms with Gasteiger partial charge in [0.2, 0.25) is 0 Å². The van der Waals surface area contributed by atoms with Crippen molar-refractivity contribution in [3.8, 4) is 0 Å². The normalized spacial score (nSPS) is 32.5. The fraction of sp³-hybridized carbons (Fsp3) is 0.556. The minimum absolute atomic E-state index is 0.0626. The number of ketones is 1. The van der Waals surface area contributed by atoms with Crippen LogP contribution in [0.1, 0.15) is 97.1 Å². The molecule has 16 nitrogen and oxygen atoms in total. The van der Waals surface area contributed by atoms with Gasteiger partial charge in [-0.05, 0) is 63.5 Å². The monoisotopic (exact) mass is 849 g/mol. The van der Waals surface area contributed by atoms with E-state index < -0.39 is 118 Å². The Morgan fingerprint density at radius 1 is 0.902 bits per heavy atom. The minimum Gasteiger partial charge on any atom is -0.461 e. The fourth-order valence-electron chi connectivity index (χ4n) is 9.91. The summed E-state index contributed by atoms with van der Waals surface area (Å²) in [4.78, 5) is 82.4. The van der Waals surface area contributed by atoms with Crippen molar-refractivity contribution in [1.29, 1.82) is 0 Å². The van der Waals surface area contributed by atoms with E-state index >= 15 is 4.79 Å². The molecule has 3 aliphatic carbocycles. The maximum Gasteiger partial charge on any atom is 0.408 e. The molecular weight excluding hydrogens is 794 g/mol. The Balaban J connectivity index is 1.52. The molecule has 6 rings (SSSR count). The first-order valence-corrected chi connectivity index (χ1v) is 20.2. The maximum absolute atomic E-state index is 15.3. The maximum atomic E-state index is 15.3. The molecule has 1 amide bonds. The van der Waals surface area contributed by atoms with Crippen LogP contribution in [0.4, 0.5) is 4.79 Å². The van der Waals surface area contributed by atoms with E-state index in [4.69, 9.17) is 28.4 Å². The van der Waals surface area contributed by atoms with E-state index in [0.717, 1.165) is 13.8 Å². The molecule has 0 radical (unpaired) electrons. The van der Waals surface area contributed by atoms with E-state index in [1.807, 2.05) is 0 Å². The summed E-state index contributed by atoms with van der Waals surface area (Å²) in [7, 11) is 0. The van der Waals surface area contributed by atoms with Gasteiger partial charge in [-0.25, -0.2) is 14.4 Å². The van der Waals surface area contributed by atoms with Crippen LogP contribution in [-0.2, 0) is 47.6 Å². The van der Waals surface area contributed by atoms with E-state index in [-0.39, 0.29) is 29.7 Å². The number of esters is 4. The molecular formula is C45H55NO15. The van der Waals surface area contributed by atoms with Crippen molar-refractivity contribution in [2.45, 2.75) is 135 Å². The summed E-state index contributed by atoms with van der Waals surface area (Å²) in [5.41, 5.74) is -8.34. The summed E-state index contributed by atoms with van der Waals surface area (Å²) in [6.07, 6.45) is -11.5. The zero-order valence-corrected chi connectivity index (χ0v) is 35.8. The molecule has 4 aliphatic rings. The molecule has 2 bridgehead atoms. The molecule has 4 N–H and O–H groups in total. The quantitative estimate of drug-likeness (QED) is 0.160. The standard InChI is InChI=1S/C45H55NO15/c1-23-28(58-39(53)34(50)32(26-16-12-10-13-17-26)46-40(54)61-41(4,5)6)21-45(55)37(59-38(52)27-18-14-11-15-19-27)35-43(9,36(51)33(49)31(23)42(45,7)8)29(57-24(2)47)20-30-44(35,22-56-30)60-25(3)48/h10-19,28-30,32-35,37,49-50,55H,20-22H2,1-9H3,(H,46,54)/t28-,29-,30+,32-,33+,34+,35?,37-,43+,44-,45+/m0/s1. The third-order valence-corrected chi connectivity index (χ3v) is 12.8. The van der Waals surface area contributed by atoms with Gasteiger partial charge in [0.1, 0.15) is 41.7 Å². The predicted octanol–water partition coefficient (Wildman–Crippen LogP) is 3.83. The first-order chi connectivity index (χ1) is 28.4. The van der Waals surface area contributed by atoms with Gasteiger partial charge in [-0.2, -0.15) is 0 Å². The number of carbonyl (C=O) groups is 6. The Kier molecular flexibility index (Phi) is 12.1. The lowest BCUT2D eigenvalue weighted by Gasteiger charge is -2.67. The summed E-state index contributed by atoms with van der Waals surface area (Å²) >= 11 is 0. The third kappa shape index (κ3) is 7.94. The highest BCUT2D eigenvalue weighted by Crippen LogP contribution is 2.64. The zero-order chi connectivity index (χ0) is 45.0. The first kappa shape index (κ1) is 45.4. The number of aliphatic hydroxyl groups is 3. The SMILES string of the molecule is CC(=O)O[C@H]1C[C@H]2OC[C@@]2(OC(C)=O)C2[C@H](OC(=O)c3ccccc3)[C@]3(O)C[C@H](OC(=O)[C@H](O)[C@@H](NC(=O)OC(C)(C)C)c4ccccc4)C(C)=C([C@@H](O)C(=O)[C@@]21C)C3(C)C. The zero-order valence-electron chi connectivity index (χ0n) is 35.8. The number of rotatable bonds is 9. The van der Waals surface area contributed by atoms with Crippen molar-refractivity contribution in [2.75, 3.05) is 6.61 Å². The molecule has 1 unspecified atom stereocenters. The molecule has 3 fully saturated rings. The van der Waals surface area contributed by atoms with E-state index in [9.17, 15) is 39.3 Å². The van der Waals surface area contributed by atoms with Crippen LogP contribution >= 0.6 is 0 Å². The van der Waals surface area contributed by atoms with Crippen LogP contribution < -0.4 is 5.32 Å². The van der Waals surface area contributed by atoms with Gasteiger partial charge in [-0.3, -0.25) is 14.4 Å². The molecule has 1 aliphatic heterocycles. The number of carbonyl (C=O) groups excluding carboxylic acids is 6. The molecule has 2 aromatic carbocycles. The van der Waals surface area contributed by atoms with Gasteiger partial charge in [0.15, 0.2) is 17.5 Å². The van der Waals surface area contributed by atoms with Crippen molar-refractivity contribution in [2.24, 2.45) is 16.7 Å². The van der Waals surface area contributed by atoms with Gasteiger partial charge >= 0.3 is 30.0 Å². The van der Waals surface area contributed by atoms with E-state index in [1.165, 1.54) is 39.8 Å². The Labute approximate surface area is 353 Å². The lowest BCUT2D eigenvalue weighted by molar-refractivity contribution is -0.346.